The topological polar surface area (TPSA) is 103 Å². The molecular weight excluding hydrogens is 394 g/mol. The summed E-state index contributed by atoms with van der Waals surface area (Å²) in [6, 6.07) is 10.3. The van der Waals surface area contributed by atoms with Crippen LogP contribution in [-0.4, -0.2) is 58.3 Å². The van der Waals surface area contributed by atoms with Crippen molar-refractivity contribution in [3.8, 4) is 0 Å². The highest BCUT2D eigenvalue weighted by Gasteiger charge is 2.44. The molecule has 1 amide bonds. The SMILES string of the molecule is CC[C@H]1S[C@@H](n2ccc(NC(=O)c3ccccc3)nc2=O)C(OCCOC)[C@H]1O. The summed E-state index contributed by atoms with van der Waals surface area (Å²) in [4.78, 5) is 28.9. The lowest BCUT2D eigenvalue weighted by atomic mass is 10.1. The maximum absolute atomic E-state index is 12.6. The number of benzene rings is 1. The van der Waals surface area contributed by atoms with E-state index in [1.807, 2.05) is 13.0 Å². The van der Waals surface area contributed by atoms with Gasteiger partial charge in [-0.15, -0.1) is 11.8 Å². The largest absolute Gasteiger partial charge is 0.389 e. The van der Waals surface area contributed by atoms with Crippen LogP contribution in [0.3, 0.4) is 0 Å². The third-order valence-electron chi connectivity index (χ3n) is 4.69. The van der Waals surface area contributed by atoms with Gasteiger partial charge in [-0.25, -0.2) is 4.79 Å². The summed E-state index contributed by atoms with van der Waals surface area (Å²) in [7, 11) is 1.58. The molecule has 29 heavy (non-hydrogen) atoms. The first kappa shape index (κ1) is 21.5. The number of aliphatic hydroxyl groups excluding tert-OH is 1. The van der Waals surface area contributed by atoms with Crippen molar-refractivity contribution in [2.45, 2.75) is 36.2 Å². The van der Waals surface area contributed by atoms with Gasteiger partial charge >= 0.3 is 5.69 Å². The van der Waals surface area contributed by atoms with Gasteiger partial charge in [0, 0.05) is 24.1 Å². The van der Waals surface area contributed by atoms with Gasteiger partial charge in [0.1, 0.15) is 17.3 Å². The Kier molecular flexibility index (Phi) is 7.43. The van der Waals surface area contributed by atoms with Crippen LogP contribution in [0.2, 0.25) is 0 Å². The minimum absolute atomic E-state index is 0.0445. The fourth-order valence-electron chi connectivity index (χ4n) is 3.18. The molecular formula is C20H25N3O5S. The van der Waals surface area contributed by atoms with Crippen molar-refractivity contribution in [2.75, 3.05) is 25.6 Å². The highest BCUT2D eigenvalue weighted by molar-refractivity contribution is 8.00. The molecule has 0 radical (unpaired) electrons. The van der Waals surface area contributed by atoms with Gasteiger partial charge in [-0.05, 0) is 24.6 Å². The number of anilines is 1. The lowest BCUT2D eigenvalue weighted by Gasteiger charge is -2.23. The van der Waals surface area contributed by atoms with E-state index in [0.29, 0.717) is 18.8 Å². The monoisotopic (exact) mass is 419 g/mol. The van der Waals surface area contributed by atoms with Crippen LogP contribution in [0, 0.1) is 0 Å². The van der Waals surface area contributed by atoms with Crippen molar-refractivity contribution in [1.82, 2.24) is 9.55 Å². The number of hydrogen-bond donors (Lipinski definition) is 2. The summed E-state index contributed by atoms with van der Waals surface area (Å²) in [5.74, 6) is -0.166. The Morgan fingerprint density at radius 1 is 1.28 bits per heavy atom. The molecule has 8 nitrogen and oxygen atoms in total. The normalized spacial score (nSPS) is 23.8. The first-order valence-electron chi connectivity index (χ1n) is 9.44. The molecule has 2 heterocycles. The van der Waals surface area contributed by atoms with Gasteiger partial charge in [-0.2, -0.15) is 4.98 Å². The van der Waals surface area contributed by atoms with Crippen molar-refractivity contribution in [3.05, 3.63) is 58.6 Å². The molecule has 1 aliphatic heterocycles. The summed E-state index contributed by atoms with van der Waals surface area (Å²) in [5, 5.41) is 12.8. The zero-order valence-corrected chi connectivity index (χ0v) is 17.2. The van der Waals surface area contributed by atoms with Crippen molar-refractivity contribution >= 4 is 23.5 Å². The van der Waals surface area contributed by atoms with Gasteiger partial charge in [0.15, 0.2) is 0 Å². The number of thioether (sulfide) groups is 1. The Morgan fingerprint density at radius 3 is 2.69 bits per heavy atom. The third-order valence-corrected chi connectivity index (χ3v) is 6.43. The van der Waals surface area contributed by atoms with Crippen LogP contribution < -0.4 is 11.0 Å². The zero-order chi connectivity index (χ0) is 20.8. The number of amides is 1. The average molecular weight is 420 g/mol. The minimum atomic E-state index is -0.698. The summed E-state index contributed by atoms with van der Waals surface area (Å²) < 4.78 is 12.3. The van der Waals surface area contributed by atoms with E-state index in [9.17, 15) is 14.7 Å². The second kappa shape index (κ2) is 10.0. The fourth-order valence-corrected chi connectivity index (χ4v) is 4.73. The Labute approximate surface area is 173 Å². The third kappa shape index (κ3) is 5.05. The number of carbonyl (C=O) groups excluding carboxylic acids is 1. The lowest BCUT2D eigenvalue weighted by molar-refractivity contribution is -0.0537. The standard InChI is InChI=1S/C20H25N3O5S/c1-3-14-16(24)17(28-12-11-27-2)19(29-14)23-10-9-15(22-20(23)26)21-18(25)13-7-5-4-6-8-13/h4-10,14,16-17,19,24H,3,11-12H2,1-2H3,(H,21,22,25,26)/t14-,16+,17?,19-/m1/s1. The molecule has 3 rings (SSSR count). The van der Waals surface area contributed by atoms with Gasteiger partial charge in [0.05, 0.1) is 19.3 Å². The number of rotatable bonds is 8. The predicted octanol–water partition coefficient (Wildman–Crippen LogP) is 1.91. The molecule has 0 aliphatic carbocycles. The van der Waals surface area contributed by atoms with Crippen LogP contribution >= 0.6 is 11.8 Å². The first-order chi connectivity index (χ1) is 14.0. The number of hydrogen-bond acceptors (Lipinski definition) is 7. The van der Waals surface area contributed by atoms with Crippen molar-refractivity contribution < 1.29 is 19.4 Å². The van der Waals surface area contributed by atoms with Crippen LogP contribution in [0.25, 0.3) is 0 Å². The molecule has 1 unspecified atom stereocenters. The van der Waals surface area contributed by atoms with Crippen molar-refractivity contribution in [3.63, 3.8) is 0 Å². The predicted molar refractivity (Wildman–Crippen MR) is 111 cm³/mol. The molecule has 156 valence electrons. The molecule has 1 saturated heterocycles. The fraction of sp³-hybridized carbons (Fsp3) is 0.450. The molecule has 2 aromatic rings. The van der Waals surface area contributed by atoms with E-state index in [1.165, 1.54) is 16.3 Å². The molecule has 1 fully saturated rings. The number of nitrogens with one attached hydrogen (secondary N) is 1. The molecule has 0 bridgehead atoms. The summed E-state index contributed by atoms with van der Waals surface area (Å²) >= 11 is 1.49. The average Bonchev–Trinajstić information content (AvgIpc) is 3.04. The van der Waals surface area contributed by atoms with Crippen molar-refractivity contribution in [1.29, 1.82) is 0 Å². The van der Waals surface area contributed by atoms with Crippen LogP contribution in [0.5, 0.6) is 0 Å². The number of ether oxygens (including phenoxy) is 2. The van der Waals surface area contributed by atoms with Gasteiger partial charge in [-0.3, -0.25) is 9.36 Å². The lowest BCUT2D eigenvalue weighted by Crippen LogP contribution is -2.38. The van der Waals surface area contributed by atoms with E-state index < -0.39 is 23.3 Å². The Bertz CT molecular complexity index is 876. The van der Waals surface area contributed by atoms with E-state index in [1.54, 1.807) is 43.6 Å². The maximum atomic E-state index is 12.6. The van der Waals surface area contributed by atoms with E-state index in [4.69, 9.17) is 9.47 Å². The molecule has 1 aromatic carbocycles. The number of methoxy groups -OCH3 is 1. The number of aromatic nitrogens is 2. The molecule has 1 aromatic heterocycles. The van der Waals surface area contributed by atoms with Gasteiger partial charge in [-0.1, -0.05) is 25.1 Å². The molecule has 2 N–H and O–H groups in total. The quantitative estimate of drug-likeness (QED) is 0.630. The molecule has 9 heteroatoms. The highest BCUT2D eigenvalue weighted by atomic mass is 32.2. The van der Waals surface area contributed by atoms with Gasteiger partial charge in [0.2, 0.25) is 0 Å². The summed E-state index contributed by atoms with van der Waals surface area (Å²) in [6.07, 6.45) is 1.07. The summed E-state index contributed by atoms with van der Waals surface area (Å²) in [5.41, 5.74) is -0.0389. The van der Waals surface area contributed by atoms with Crippen LogP contribution in [0.1, 0.15) is 29.1 Å². The zero-order valence-electron chi connectivity index (χ0n) is 16.4. The van der Waals surface area contributed by atoms with Crippen LogP contribution in [0.15, 0.2) is 47.4 Å². The molecule has 4 atom stereocenters. The second-order valence-corrected chi connectivity index (χ2v) is 7.98. The minimum Gasteiger partial charge on any atom is -0.389 e. The van der Waals surface area contributed by atoms with E-state index in [-0.39, 0.29) is 17.0 Å². The highest BCUT2D eigenvalue weighted by Crippen LogP contribution is 2.44. The van der Waals surface area contributed by atoms with Crippen LogP contribution in [-0.2, 0) is 9.47 Å². The molecule has 1 aliphatic rings. The number of aliphatic hydroxyl groups is 1. The van der Waals surface area contributed by atoms with E-state index >= 15 is 0 Å². The second-order valence-electron chi connectivity index (χ2n) is 6.61. The Morgan fingerprint density at radius 2 is 2.03 bits per heavy atom. The van der Waals surface area contributed by atoms with Gasteiger partial charge in [0.25, 0.3) is 5.91 Å². The van der Waals surface area contributed by atoms with Gasteiger partial charge < -0.3 is 19.9 Å². The van der Waals surface area contributed by atoms with Crippen molar-refractivity contribution in [2.24, 2.45) is 0 Å². The number of carbonyl (C=O) groups is 1. The maximum Gasteiger partial charge on any atom is 0.350 e. The first-order valence-corrected chi connectivity index (χ1v) is 10.4. The van der Waals surface area contributed by atoms with E-state index in [0.717, 1.165) is 6.42 Å². The summed E-state index contributed by atoms with van der Waals surface area (Å²) in [6.45, 7) is 2.70. The van der Waals surface area contributed by atoms with E-state index in [2.05, 4.69) is 10.3 Å². The van der Waals surface area contributed by atoms with Crippen LogP contribution in [0.4, 0.5) is 5.82 Å². The number of nitrogens with zero attached hydrogens (tertiary/aromatic N) is 2. The Balaban J connectivity index is 1.77. The smallest absolute Gasteiger partial charge is 0.350 e. The Hall–Kier alpha value is -2.20. The molecule has 0 saturated carbocycles. The molecule has 0 spiro atoms.